The lowest BCUT2D eigenvalue weighted by Gasteiger charge is -2.15. The van der Waals surface area contributed by atoms with Crippen molar-refractivity contribution >= 4 is 23.2 Å². The van der Waals surface area contributed by atoms with Gasteiger partial charge in [-0.1, -0.05) is 48.5 Å². The van der Waals surface area contributed by atoms with Crippen LogP contribution in [0.1, 0.15) is 0 Å². The van der Waals surface area contributed by atoms with Crippen LogP contribution in [0, 0.1) is 5.82 Å². The number of anilines is 2. The highest BCUT2D eigenvalue weighted by molar-refractivity contribution is 5.96. The molecule has 1 unspecified atom stereocenters. The smallest absolute Gasteiger partial charge is 0.279 e. The minimum Gasteiger partial charge on any atom is -0.322 e. The lowest BCUT2D eigenvalue weighted by atomic mass is 10.0. The molecule has 1 atom stereocenters. The van der Waals surface area contributed by atoms with Crippen molar-refractivity contribution < 1.29 is 18.9 Å². The molecule has 0 radical (unpaired) electrons. The van der Waals surface area contributed by atoms with Crippen LogP contribution in [0.3, 0.4) is 0 Å². The molecule has 0 saturated heterocycles. The van der Waals surface area contributed by atoms with Crippen LogP contribution in [0.25, 0.3) is 11.1 Å². The summed E-state index contributed by atoms with van der Waals surface area (Å²) < 4.78 is 12.9. The molecule has 5 nitrogen and oxygen atoms in total. The van der Waals surface area contributed by atoms with Crippen LogP contribution < -0.4 is 15.5 Å². The number of likely N-dealkylation sites (N-methyl/N-ethyl adjacent to an activating group) is 1. The maximum atomic E-state index is 12.9. The third kappa shape index (κ3) is 5.99. The summed E-state index contributed by atoms with van der Waals surface area (Å²) in [6, 6.07) is 23.0. The zero-order valence-electron chi connectivity index (χ0n) is 16.1. The molecule has 2 amide bonds. The summed E-state index contributed by atoms with van der Waals surface area (Å²) in [7, 11) is 1.77. The van der Waals surface area contributed by atoms with Crippen LogP contribution in [-0.4, -0.2) is 32.0 Å². The molecule has 3 aromatic rings. The van der Waals surface area contributed by atoms with E-state index in [2.05, 4.69) is 10.6 Å². The van der Waals surface area contributed by atoms with E-state index in [1.165, 1.54) is 24.3 Å². The molecule has 6 heteroatoms. The fourth-order valence-corrected chi connectivity index (χ4v) is 3.01. The van der Waals surface area contributed by atoms with Gasteiger partial charge in [0, 0.05) is 16.9 Å². The summed E-state index contributed by atoms with van der Waals surface area (Å²) in [6.07, 6.45) is 0. The van der Waals surface area contributed by atoms with E-state index in [0.29, 0.717) is 5.69 Å². The average molecular weight is 392 g/mol. The van der Waals surface area contributed by atoms with Crippen molar-refractivity contribution in [1.29, 1.82) is 0 Å². The first-order valence-electron chi connectivity index (χ1n) is 9.32. The maximum Gasteiger partial charge on any atom is 0.279 e. The van der Waals surface area contributed by atoms with E-state index >= 15 is 0 Å². The summed E-state index contributed by atoms with van der Waals surface area (Å²) in [5.41, 5.74) is 3.20. The quantitative estimate of drug-likeness (QED) is 0.579. The van der Waals surface area contributed by atoms with Crippen molar-refractivity contribution in [3.8, 4) is 11.1 Å². The zero-order chi connectivity index (χ0) is 20.6. The highest BCUT2D eigenvalue weighted by Gasteiger charge is 2.16. The molecule has 0 heterocycles. The van der Waals surface area contributed by atoms with Crippen molar-refractivity contribution in [2.75, 3.05) is 30.8 Å². The molecule has 0 aliphatic heterocycles. The molecule has 0 spiro atoms. The fraction of sp³-hybridized carbons (Fsp3) is 0.130. The standard InChI is InChI=1S/C23H22FN3O2/c1-27(15-22(28)25-19-13-11-18(24)12-14-19)16-23(29)26-21-10-6-5-9-20(21)17-7-3-2-4-8-17/h2-14H,15-16H2,1H3,(H,25,28)(H,26,29)/p+1. The highest BCUT2D eigenvalue weighted by Crippen LogP contribution is 2.27. The molecular weight excluding hydrogens is 369 g/mol. The summed E-state index contributed by atoms with van der Waals surface area (Å²) in [5.74, 6) is -0.787. The predicted octanol–water partition coefficient (Wildman–Crippen LogP) is 2.58. The second-order valence-electron chi connectivity index (χ2n) is 6.83. The Kier molecular flexibility index (Phi) is 6.71. The van der Waals surface area contributed by atoms with Crippen molar-refractivity contribution in [1.82, 2.24) is 0 Å². The predicted molar refractivity (Wildman–Crippen MR) is 112 cm³/mol. The first-order valence-corrected chi connectivity index (χ1v) is 9.32. The monoisotopic (exact) mass is 392 g/mol. The van der Waals surface area contributed by atoms with Crippen molar-refractivity contribution in [2.24, 2.45) is 0 Å². The molecule has 3 N–H and O–H groups in total. The summed E-state index contributed by atoms with van der Waals surface area (Å²) in [5, 5.41) is 5.63. The number of benzene rings is 3. The lowest BCUT2D eigenvalue weighted by molar-refractivity contribution is -0.862. The number of quaternary nitrogens is 1. The van der Waals surface area contributed by atoms with Crippen LogP contribution in [0.5, 0.6) is 0 Å². The Morgan fingerprint density at radius 3 is 2.07 bits per heavy atom. The number of rotatable bonds is 7. The second kappa shape index (κ2) is 9.61. The number of amides is 2. The van der Waals surface area contributed by atoms with Crippen molar-refractivity contribution in [3.05, 3.63) is 84.7 Å². The topological polar surface area (TPSA) is 62.6 Å². The van der Waals surface area contributed by atoms with E-state index in [4.69, 9.17) is 0 Å². The van der Waals surface area contributed by atoms with Gasteiger partial charge in [-0.2, -0.15) is 0 Å². The largest absolute Gasteiger partial charge is 0.322 e. The van der Waals surface area contributed by atoms with E-state index in [1.54, 1.807) is 7.05 Å². The van der Waals surface area contributed by atoms with Gasteiger partial charge >= 0.3 is 0 Å². The van der Waals surface area contributed by atoms with Gasteiger partial charge in [-0.3, -0.25) is 9.59 Å². The van der Waals surface area contributed by atoms with Crippen LogP contribution in [-0.2, 0) is 9.59 Å². The van der Waals surface area contributed by atoms with Gasteiger partial charge in [0.1, 0.15) is 5.82 Å². The lowest BCUT2D eigenvalue weighted by Crippen LogP contribution is -3.11. The van der Waals surface area contributed by atoms with Gasteiger partial charge in [-0.15, -0.1) is 0 Å². The summed E-state index contributed by atoms with van der Waals surface area (Å²) in [4.78, 5) is 25.3. The Balaban J connectivity index is 1.55. The fourth-order valence-electron chi connectivity index (χ4n) is 3.01. The van der Waals surface area contributed by atoms with E-state index < -0.39 is 0 Å². The molecule has 0 aromatic heterocycles. The first-order chi connectivity index (χ1) is 14.0. The minimum absolute atomic E-state index is 0.116. The second-order valence-corrected chi connectivity index (χ2v) is 6.83. The van der Waals surface area contributed by atoms with Crippen LogP contribution in [0.4, 0.5) is 15.8 Å². The van der Waals surface area contributed by atoms with Gasteiger partial charge in [0.15, 0.2) is 13.1 Å². The first kappa shape index (κ1) is 20.2. The van der Waals surface area contributed by atoms with Gasteiger partial charge in [0.25, 0.3) is 11.8 Å². The van der Waals surface area contributed by atoms with Gasteiger partial charge in [0.2, 0.25) is 0 Å². The zero-order valence-corrected chi connectivity index (χ0v) is 16.1. The van der Waals surface area contributed by atoms with Gasteiger partial charge in [0.05, 0.1) is 7.05 Å². The molecule has 29 heavy (non-hydrogen) atoms. The van der Waals surface area contributed by atoms with E-state index in [0.717, 1.165) is 21.7 Å². The van der Waals surface area contributed by atoms with Crippen LogP contribution in [0.15, 0.2) is 78.9 Å². The maximum absolute atomic E-state index is 12.9. The number of nitrogens with one attached hydrogen (secondary N) is 3. The number of carbonyl (C=O) groups excluding carboxylic acids is 2. The molecule has 0 aliphatic carbocycles. The summed E-state index contributed by atoms with van der Waals surface area (Å²) in [6.45, 7) is 0.255. The third-order valence-corrected chi connectivity index (χ3v) is 4.34. The van der Waals surface area contributed by atoms with Crippen molar-refractivity contribution in [3.63, 3.8) is 0 Å². The molecule has 0 aliphatic rings. The SMILES string of the molecule is C[NH+](CC(=O)Nc1ccc(F)cc1)CC(=O)Nc1ccccc1-c1ccccc1. The Hall–Kier alpha value is -3.51. The Labute approximate surface area is 169 Å². The van der Waals surface area contributed by atoms with E-state index in [9.17, 15) is 14.0 Å². The highest BCUT2D eigenvalue weighted by atomic mass is 19.1. The molecular formula is C23H23FN3O2+. The van der Waals surface area contributed by atoms with Crippen LogP contribution in [0.2, 0.25) is 0 Å². The molecule has 148 valence electrons. The average Bonchev–Trinajstić information content (AvgIpc) is 2.70. The molecule has 0 saturated carbocycles. The molecule has 0 bridgehead atoms. The van der Waals surface area contributed by atoms with Gasteiger partial charge in [-0.25, -0.2) is 4.39 Å². The normalized spacial score (nSPS) is 11.5. The number of halogens is 1. The number of hydrogen-bond donors (Lipinski definition) is 3. The van der Waals surface area contributed by atoms with E-state index in [-0.39, 0.29) is 30.7 Å². The Bertz CT molecular complexity index is 975. The molecule has 3 rings (SSSR count). The minimum atomic E-state index is -0.363. The number of para-hydroxylation sites is 1. The van der Waals surface area contributed by atoms with Crippen molar-refractivity contribution in [2.45, 2.75) is 0 Å². The van der Waals surface area contributed by atoms with E-state index in [1.807, 2.05) is 54.6 Å². The molecule has 0 fully saturated rings. The third-order valence-electron chi connectivity index (χ3n) is 4.34. The van der Waals surface area contributed by atoms with Gasteiger partial charge < -0.3 is 15.5 Å². The number of hydrogen-bond acceptors (Lipinski definition) is 2. The summed E-state index contributed by atoms with van der Waals surface area (Å²) >= 11 is 0. The Morgan fingerprint density at radius 1 is 0.793 bits per heavy atom. The Morgan fingerprint density at radius 2 is 1.38 bits per heavy atom. The van der Waals surface area contributed by atoms with Crippen LogP contribution >= 0.6 is 0 Å². The molecule has 3 aromatic carbocycles. The van der Waals surface area contributed by atoms with Gasteiger partial charge in [-0.05, 0) is 35.9 Å². The number of carbonyl (C=O) groups is 2.